The second-order valence-corrected chi connectivity index (χ2v) is 4.22. The number of hydrogen-bond donors (Lipinski definition) is 2. The molecule has 3 N–H and O–H groups in total. The van der Waals surface area contributed by atoms with Crippen molar-refractivity contribution < 1.29 is 4.79 Å². The van der Waals surface area contributed by atoms with Crippen molar-refractivity contribution in [2.24, 2.45) is 16.6 Å². The average Bonchev–Trinajstić information content (AvgIpc) is 2.43. The summed E-state index contributed by atoms with van der Waals surface area (Å²) in [4.78, 5) is 14.7. The normalized spacial score (nSPS) is 29.6. The summed E-state index contributed by atoms with van der Waals surface area (Å²) >= 11 is 0. The number of rotatable bonds is 1. The van der Waals surface area contributed by atoms with Crippen molar-refractivity contribution in [1.82, 2.24) is 5.32 Å². The highest BCUT2D eigenvalue weighted by Crippen LogP contribution is 2.26. The number of nitrogens with one attached hydrogen (secondary N) is 1. The van der Waals surface area contributed by atoms with Crippen molar-refractivity contribution in [2.75, 3.05) is 0 Å². The molecule has 2 amide bonds. The molecule has 1 aliphatic carbocycles. The van der Waals surface area contributed by atoms with Gasteiger partial charge in [-0.3, -0.25) is 0 Å². The van der Waals surface area contributed by atoms with E-state index in [2.05, 4.69) is 10.3 Å². The van der Waals surface area contributed by atoms with Gasteiger partial charge in [0, 0.05) is 0 Å². The molecule has 0 saturated heterocycles. The number of amides is 2. The first kappa shape index (κ1) is 9.49. The maximum atomic E-state index is 11.0. The molecule has 0 aromatic heterocycles. The van der Waals surface area contributed by atoms with Crippen molar-refractivity contribution >= 4 is 11.9 Å². The Morgan fingerprint density at radius 1 is 1.21 bits per heavy atom. The van der Waals surface area contributed by atoms with Crippen molar-refractivity contribution in [3.05, 3.63) is 0 Å². The van der Waals surface area contributed by atoms with E-state index < -0.39 is 0 Å². The lowest BCUT2D eigenvalue weighted by atomic mass is 9.92. The molecule has 4 heteroatoms. The molecular weight excluding hydrogens is 178 g/mol. The molecular formula is C10H17N3O. The summed E-state index contributed by atoms with van der Waals surface area (Å²) in [6.45, 7) is 0. The number of urea groups is 1. The van der Waals surface area contributed by atoms with Gasteiger partial charge in [0.2, 0.25) is 0 Å². The van der Waals surface area contributed by atoms with Crippen LogP contribution >= 0.6 is 0 Å². The van der Waals surface area contributed by atoms with Crippen LogP contribution in [0.2, 0.25) is 0 Å². The van der Waals surface area contributed by atoms with E-state index in [0.29, 0.717) is 11.8 Å². The fourth-order valence-corrected chi connectivity index (χ4v) is 2.43. The Labute approximate surface area is 84.0 Å². The third-order valence-electron chi connectivity index (χ3n) is 3.20. The maximum Gasteiger partial charge on any atom is 0.343 e. The van der Waals surface area contributed by atoms with Crippen LogP contribution in [0.1, 0.15) is 38.5 Å². The van der Waals surface area contributed by atoms with Crippen LogP contribution in [0.4, 0.5) is 4.79 Å². The van der Waals surface area contributed by atoms with Crippen LogP contribution in [0.5, 0.6) is 0 Å². The zero-order valence-corrected chi connectivity index (χ0v) is 8.33. The molecule has 2 aliphatic rings. The highest BCUT2D eigenvalue weighted by molar-refractivity contribution is 6.02. The van der Waals surface area contributed by atoms with E-state index in [1.807, 2.05) is 0 Å². The molecule has 14 heavy (non-hydrogen) atoms. The fraction of sp³-hybridized carbons (Fsp3) is 0.800. The summed E-state index contributed by atoms with van der Waals surface area (Å²) in [6, 6.07) is -0.252. The number of nitrogens with zero attached hydrogens (tertiary/aromatic N) is 1. The molecule has 1 fully saturated rings. The largest absolute Gasteiger partial charge is 0.385 e. The summed E-state index contributed by atoms with van der Waals surface area (Å²) in [5.74, 6) is 0.995. The summed E-state index contributed by atoms with van der Waals surface area (Å²) in [6.07, 6.45) is 7.47. The van der Waals surface area contributed by atoms with Crippen molar-refractivity contribution in [3.63, 3.8) is 0 Å². The molecule has 0 radical (unpaired) electrons. The van der Waals surface area contributed by atoms with Crippen LogP contribution in [0, 0.1) is 5.92 Å². The quantitative estimate of drug-likeness (QED) is 0.621. The average molecular weight is 195 g/mol. The highest BCUT2D eigenvalue weighted by atomic mass is 16.2. The molecule has 0 bridgehead atoms. The second kappa shape index (κ2) is 3.98. The molecule has 1 atom stereocenters. The van der Waals surface area contributed by atoms with Gasteiger partial charge in [-0.1, -0.05) is 25.7 Å². The topological polar surface area (TPSA) is 67.5 Å². The van der Waals surface area contributed by atoms with Crippen LogP contribution in [-0.4, -0.2) is 17.9 Å². The van der Waals surface area contributed by atoms with Gasteiger partial charge in [-0.25, -0.2) is 4.79 Å². The van der Waals surface area contributed by atoms with Crippen LogP contribution in [-0.2, 0) is 0 Å². The number of amidine groups is 1. The number of nitrogens with two attached hydrogens (primary N) is 1. The first-order valence-electron chi connectivity index (χ1n) is 5.42. The van der Waals surface area contributed by atoms with Crippen molar-refractivity contribution in [3.8, 4) is 0 Å². The molecule has 1 aliphatic heterocycles. The molecule has 1 unspecified atom stereocenters. The molecule has 2 rings (SSSR count). The van der Waals surface area contributed by atoms with E-state index in [9.17, 15) is 4.79 Å². The molecule has 78 valence electrons. The molecule has 0 spiro atoms. The van der Waals surface area contributed by atoms with E-state index in [-0.39, 0.29) is 12.1 Å². The van der Waals surface area contributed by atoms with Gasteiger partial charge in [-0.15, -0.1) is 0 Å². The number of aliphatic imine (C=N–C) groups is 1. The van der Waals surface area contributed by atoms with E-state index in [1.165, 1.54) is 38.5 Å². The standard InChI is InChI=1S/C10H17N3O/c11-9-8(12-10(14)13-9)7-5-3-1-2-4-6-7/h7-8H,1-6H2,(H3,11,12,13,14). The first-order chi connectivity index (χ1) is 6.77. The van der Waals surface area contributed by atoms with Gasteiger partial charge in [0.1, 0.15) is 5.84 Å². The van der Waals surface area contributed by atoms with E-state index in [1.54, 1.807) is 0 Å². The molecule has 1 heterocycles. The minimum Gasteiger partial charge on any atom is -0.385 e. The molecule has 1 saturated carbocycles. The molecule has 4 nitrogen and oxygen atoms in total. The minimum absolute atomic E-state index is 0.0144. The number of hydrogen-bond acceptors (Lipinski definition) is 2. The van der Waals surface area contributed by atoms with Crippen LogP contribution in [0.15, 0.2) is 4.99 Å². The van der Waals surface area contributed by atoms with Gasteiger partial charge < -0.3 is 11.1 Å². The predicted molar refractivity (Wildman–Crippen MR) is 55.1 cm³/mol. The second-order valence-electron chi connectivity index (χ2n) is 4.22. The van der Waals surface area contributed by atoms with Crippen molar-refractivity contribution in [1.29, 1.82) is 0 Å². The Kier molecular flexibility index (Phi) is 2.70. The van der Waals surface area contributed by atoms with Crippen LogP contribution in [0.25, 0.3) is 0 Å². The van der Waals surface area contributed by atoms with Gasteiger partial charge in [0.05, 0.1) is 6.04 Å². The van der Waals surface area contributed by atoms with Gasteiger partial charge in [0.15, 0.2) is 0 Å². The third-order valence-corrected chi connectivity index (χ3v) is 3.20. The maximum absolute atomic E-state index is 11.0. The highest BCUT2D eigenvalue weighted by Gasteiger charge is 2.31. The van der Waals surface area contributed by atoms with Gasteiger partial charge in [0.25, 0.3) is 0 Å². The Hall–Kier alpha value is -1.06. The molecule has 0 aromatic rings. The summed E-state index contributed by atoms with van der Waals surface area (Å²) in [5, 5.41) is 2.83. The first-order valence-corrected chi connectivity index (χ1v) is 5.42. The lowest BCUT2D eigenvalue weighted by Gasteiger charge is -2.21. The van der Waals surface area contributed by atoms with E-state index in [4.69, 9.17) is 5.73 Å². The number of carbonyl (C=O) groups excluding carboxylic acids is 1. The van der Waals surface area contributed by atoms with Crippen molar-refractivity contribution in [2.45, 2.75) is 44.6 Å². The summed E-state index contributed by atoms with van der Waals surface area (Å²) in [5.41, 5.74) is 5.72. The Morgan fingerprint density at radius 2 is 1.86 bits per heavy atom. The Balaban J connectivity index is 2.00. The lowest BCUT2D eigenvalue weighted by Crippen LogP contribution is -2.42. The Morgan fingerprint density at radius 3 is 2.36 bits per heavy atom. The smallest absolute Gasteiger partial charge is 0.343 e. The third kappa shape index (κ3) is 1.89. The molecule has 0 aromatic carbocycles. The number of carbonyl (C=O) groups is 1. The van der Waals surface area contributed by atoms with Gasteiger partial charge >= 0.3 is 6.03 Å². The zero-order valence-electron chi connectivity index (χ0n) is 8.33. The monoisotopic (exact) mass is 195 g/mol. The zero-order chi connectivity index (χ0) is 9.97. The van der Waals surface area contributed by atoms with E-state index >= 15 is 0 Å². The van der Waals surface area contributed by atoms with Gasteiger partial charge in [-0.05, 0) is 18.8 Å². The fourth-order valence-electron chi connectivity index (χ4n) is 2.43. The minimum atomic E-state index is -0.267. The van der Waals surface area contributed by atoms with E-state index in [0.717, 1.165) is 0 Å². The van der Waals surface area contributed by atoms with Crippen LogP contribution in [0.3, 0.4) is 0 Å². The lowest BCUT2D eigenvalue weighted by molar-refractivity contribution is 0.247. The SMILES string of the molecule is NC1=NC(=O)NC1C1CCCCCC1. The Bertz CT molecular complexity index is 254. The summed E-state index contributed by atoms with van der Waals surface area (Å²) in [7, 11) is 0. The summed E-state index contributed by atoms with van der Waals surface area (Å²) < 4.78 is 0. The van der Waals surface area contributed by atoms with Gasteiger partial charge in [-0.2, -0.15) is 4.99 Å². The predicted octanol–water partition coefficient (Wildman–Crippen LogP) is 1.41. The van der Waals surface area contributed by atoms with Crippen LogP contribution < -0.4 is 11.1 Å².